The Bertz CT molecular complexity index is 157. The summed E-state index contributed by atoms with van der Waals surface area (Å²) in [7, 11) is 1.25. The van der Waals surface area contributed by atoms with Crippen LogP contribution in [0.4, 0.5) is 0 Å². The van der Waals surface area contributed by atoms with Gasteiger partial charge in [-0.15, -0.1) is 0 Å². The van der Waals surface area contributed by atoms with E-state index in [1.807, 2.05) is 0 Å². The van der Waals surface area contributed by atoms with E-state index in [4.69, 9.17) is 0 Å². The quantitative estimate of drug-likeness (QED) is 0.722. The first-order chi connectivity index (χ1) is 3.71. The molecule has 0 aliphatic heterocycles. The van der Waals surface area contributed by atoms with E-state index in [9.17, 15) is 7.48 Å². The topological polar surface area (TPSA) is 34.1 Å². The monoisotopic (exact) mass is 274 g/mol. The Morgan fingerprint density at radius 2 is 1.11 bits per heavy atom. The van der Waals surface area contributed by atoms with Crippen molar-refractivity contribution in [1.82, 2.24) is 0 Å². The van der Waals surface area contributed by atoms with Gasteiger partial charge in [-0.3, -0.25) is 0 Å². The molecular weight excluding hydrogens is 262 g/mol. The standard InChI is InChI=1S/C4H12As2O2S/c1-5(2,7)9-6(3,4)8/h1-4H3. The van der Waals surface area contributed by atoms with Gasteiger partial charge in [-0.1, -0.05) is 0 Å². The second-order valence-corrected chi connectivity index (χ2v) is 28.8. The first-order valence-corrected chi connectivity index (χ1v) is 16.9. The molecule has 0 rings (SSSR count). The van der Waals surface area contributed by atoms with E-state index in [-0.39, 0.29) is 0 Å². The first-order valence-electron chi connectivity index (χ1n) is 2.52. The average Bonchev–Trinajstić information content (AvgIpc) is 1.14. The summed E-state index contributed by atoms with van der Waals surface area (Å²) in [5.74, 6) is 0. The molecule has 0 aliphatic rings. The molecule has 2 nitrogen and oxygen atoms in total. The second-order valence-electron chi connectivity index (χ2n) is 2.59. The molecule has 5 heteroatoms. The summed E-state index contributed by atoms with van der Waals surface area (Å²) in [6.45, 7) is 0. The minimum absolute atomic E-state index is 1.25. The Morgan fingerprint density at radius 1 is 0.889 bits per heavy atom. The Morgan fingerprint density at radius 3 is 1.11 bits per heavy atom. The molecule has 0 unspecified atom stereocenters. The molecule has 0 bridgehead atoms. The van der Waals surface area contributed by atoms with Crippen LogP contribution >= 0.6 is 8.29 Å². The van der Waals surface area contributed by atoms with Crippen LogP contribution in [-0.2, 0) is 7.48 Å². The van der Waals surface area contributed by atoms with E-state index in [1.54, 1.807) is 22.8 Å². The predicted molar refractivity (Wildman–Crippen MR) is 43.9 cm³/mol. The average molecular weight is 274 g/mol. The molecule has 0 aromatic rings. The van der Waals surface area contributed by atoms with E-state index >= 15 is 0 Å². The van der Waals surface area contributed by atoms with Gasteiger partial charge in [0.2, 0.25) is 0 Å². The van der Waals surface area contributed by atoms with Crippen molar-refractivity contribution < 1.29 is 7.48 Å². The van der Waals surface area contributed by atoms with Gasteiger partial charge in [0.1, 0.15) is 0 Å². The fourth-order valence-electron chi connectivity index (χ4n) is 0.474. The summed E-state index contributed by atoms with van der Waals surface area (Å²) in [5.41, 5.74) is 6.85. The van der Waals surface area contributed by atoms with Crippen LogP contribution in [0.3, 0.4) is 0 Å². The minimum atomic E-state index is -2.67. The van der Waals surface area contributed by atoms with Gasteiger partial charge < -0.3 is 0 Å². The number of hydrogen-bond acceptors (Lipinski definition) is 3. The molecule has 0 radical (unpaired) electrons. The van der Waals surface area contributed by atoms with E-state index in [0.717, 1.165) is 0 Å². The van der Waals surface area contributed by atoms with Crippen molar-refractivity contribution in [2.75, 3.05) is 0 Å². The van der Waals surface area contributed by atoms with Crippen LogP contribution in [0.1, 0.15) is 0 Å². The second kappa shape index (κ2) is 2.98. The van der Waals surface area contributed by atoms with Gasteiger partial charge in [-0.05, 0) is 0 Å². The summed E-state index contributed by atoms with van der Waals surface area (Å²) >= 11 is -5.33. The first kappa shape index (κ1) is 10.1. The SMILES string of the molecule is C[As](C)(=O)S[As](C)(C)=O. The van der Waals surface area contributed by atoms with Gasteiger partial charge in [0.25, 0.3) is 0 Å². The van der Waals surface area contributed by atoms with Crippen molar-refractivity contribution in [1.29, 1.82) is 0 Å². The number of hydrogen-bond donors (Lipinski definition) is 0. The van der Waals surface area contributed by atoms with E-state index in [1.165, 1.54) is 8.29 Å². The zero-order valence-corrected chi connectivity index (χ0v) is 10.7. The maximum atomic E-state index is 11.1. The van der Waals surface area contributed by atoms with Gasteiger partial charge in [0.15, 0.2) is 0 Å². The fraction of sp³-hybridized carbons (Fsp3) is 1.00. The Hall–Kier alpha value is 1.07. The van der Waals surface area contributed by atoms with Crippen LogP contribution in [0.2, 0.25) is 22.8 Å². The molecule has 0 saturated heterocycles. The summed E-state index contributed by atoms with van der Waals surface area (Å²) in [4.78, 5) is 0. The van der Waals surface area contributed by atoms with Gasteiger partial charge in [-0.2, -0.15) is 0 Å². The molecule has 56 valence electrons. The van der Waals surface area contributed by atoms with Gasteiger partial charge >= 0.3 is 63.3 Å². The normalized spacial score (nSPS) is 13.8. The van der Waals surface area contributed by atoms with E-state index in [2.05, 4.69) is 0 Å². The fourth-order valence-corrected chi connectivity index (χ4v) is 38.4. The van der Waals surface area contributed by atoms with Crippen LogP contribution in [0.25, 0.3) is 0 Å². The maximum absolute atomic E-state index is 11.1. The zero-order valence-electron chi connectivity index (χ0n) is 6.12. The van der Waals surface area contributed by atoms with Crippen molar-refractivity contribution in [2.45, 2.75) is 22.8 Å². The van der Waals surface area contributed by atoms with Crippen LogP contribution in [0.15, 0.2) is 0 Å². The molecule has 0 fully saturated rings. The van der Waals surface area contributed by atoms with Crippen LogP contribution in [0, 0.1) is 0 Å². The van der Waals surface area contributed by atoms with Crippen LogP contribution in [0.5, 0.6) is 0 Å². The molecule has 0 aromatic carbocycles. The zero-order chi connectivity index (χ0) is 7.71. The van der Waals surface area contributed by atoms with Crippen molar-refractivity contribution in [3.8, 4) is 0 Å². The molecule has 0 amide bonds. The van der Waals surface area contributed by atoms with Gasteiger partial charge in [0, 0.05) is 0 Å². The van der Waals surface area contributed by atoms with Crippen molar-refractivity contribution >= 4 is 33.0 Å². The van der Waals surface area contributed by atoms with Crippen molar-refractivity contribution in [2.24, 2.45) is 0 Å². The van der Waals surface area contributed by atoms with Crippen LogP contribution in [-0.4, -0.2) is 24.7 Å². The summed E-state index contributed by atoms with van der Waals surface area (Å²) < 4.78 is 22.2. The van der Waals surface area contributed by atoms with Gasteiger partial charge in [-0.25, -0.2) is 0 Å². The summed E-state index contributed by atoms with van der Waals surface area (Å²) in [6.07, 6.45) is 0. The van der Waals surface area contributed by atoms with Crippen molar-refractivity contribution in [3.05, 3.63) is 0 Å². The van der Waals surface area contributed by atoms with Gasteiger partial charge in [0.05, 0.1) is 0 Å². The molecule has 0 saturated carbocycles. The molecule has 0 aliphatic carbocycles. The van der Waals surface area contributed by atoms with Crippen LogP contribution < -0.4 is 0 Å². The van der Waals surface area contributed by atoms with E-state index < -0.39 is 24.7 Å². The molecule has 9 heavy (non-hydrogen) atoms. The number of rotatable bonds is 2. The molecule has 0 spiro atoms. The Balaban J connectivity index is 4.07. The Labute approximate surface area is 63.1 Å². The Kier molecular flexibility index (Phi) is 3.34. The van der Waals surface area contributed by atoms with E-state index in [0.29, 0.717) is 0 Å². The third kappa shape index (κ3) is 9.07. The molecular formula is C4H12As2O2S. The predicted octanol–water partition coefficient (Wildman–Crippen LogP) is 1.98. The molecule has 0 aromatic heterocycles. The summed E-state index contributed by atoms with van der Waals surface area (Å²) in [5, 5.41) is 0. The molecule has 0 atom stereocenters. The summed E-state index contributed by atoms with van der Waals surface area (Å²) in [6, 6.07) is 0. The van der Waals surface area contributed by atoms with Crippen molar-refractivity contribution in [3.63, 3.8) is 0 Å². The third-order valence-corrected chi connectivity index (χ3v) is 31.9. The molecule has 0 N–H and O–H groups in total. The molecule has 0 heterocycles. The third-order valence-electron chi connectivity index (χ3n) is 0.393.